The first-order valence-electron chi connectivity index (χ1n) is 4.40. The number of halogens is 2. The van der Waals surface area contributed by atoms with Crippen LogP contribution in [0.4, 0.5) is 4.39 Å². The Morgan fingerprint density at radius 2 is 2.07 bits per heavy atom. The molecule has 0 spiro atoms. The van der Waals surface area contributed by atoms with Gasteiger partial charge in [0, 0.05) is 19.1 Å². The zero-order valence-electron chi connectivity index (χ0n) is 8.42. The zero-order chi connectivity index (χ0) is 10.0. The number of hydrogen-bond acceptors (Lipinski definition) is 2. The second-order valence-electron chi connectivity index (χ2n) is 3.61. The summed E-state index contributed by atoms with van der Waals surface area (Å²) in [7, 11) is 0. The highest BCUT2D eigenvalue weighted by Crippen LogP contribution is 2.14. The van der Waals surface area contributed by atoms with Gasteiger partial charge in [0.05, 0.1) is 0 Å². The van der Waals surface area contributed by atoms with E-state index in [1.54, 1.807) is 13.8 Å². The lowest BCUT2D eigenvalue weighted by Gasteiger charge is -2.14. The Bertz CT molecular complexity index is 251. The third-order valence-corrected chi connectivity index (χ3v) is 2.14. The second-order valence-corrected chi connectivity index (χ2v) is 3.61. The van der Waals surface area contributed by atoms with Crippen LogP contribution in [0.5, 0.6) is 0 Å². The van der Waals surface area contributed by atoms with Crippen molar-refractivity contribution >= 4 is 18.3 Å². The first-order valence-corrected chi connectivity index (χ1v) is 4.40. The molecule has 3 nitrogen and oxygen atoms in total. The zero-order valence-corrected chi connectivity index (χ0v) is 9.23. The van der Waals surface area contributed by atoms with Crippen molar-refractivity contribution in [3.8, 4) is 0 Å². The molecule has 0 saturated carbocycles. The summed E-state index contributed by atoms with van der Waals surface area (Å²) >= 11 is 0. The van der Waals surface area contributed by atoms with Crippen LogP contribution in [0.1, 0.15) is 20.3 Å². The molecular formula is C9H16ClFN2O. The molecule has 1 unspecified atom stereocenters. The van der Waals surface area contributed by atoms with Crippen LogP contribution < -0.4 is 5.73 Å². The molecule has 1 rings (SSSR count). The SMILES string of the molecule is CC(C)=C(F)C(=O)N1CCC(N)C1.Cl. The van der Waals surface area contributed by atoms with Gasteiger partial charge < -0.3 is 10.6 Å². The lowest BCUT2D eigenvalue weighted by Crippen LogP contribution is -2.32. The fourth-order valence-corrected chi connectivity index (χ4v) is 1.32. The first-order chi connectivity index (χ1) is 6.02. The van der Waals surface area contributed by atoms with Gasteiger partial charge in [-0.2, -0.15) is 0 Å². The monoisotopic (exact) mass is 222 g/mol. The van der Waals surface area contributed by atoms with E-state index in [-0.39, 0.29) is 18.4 Å². The molecule has 0 aromatic rings. The highest BCUT2D eigenvalue weighted by molar-refractivity contribution is 5.92. The molecule has 14 heavy (non-hydrogen) atoms. The molecule has 5 heteroatoms. The van der Waals surface area contributed by atoms with E-state index in [1.807, 2.05) is 0 Å². The average Bonchev–Trinajstić information content (AvgIpc) is 2.49. The lowest BCUT2D eigenvalue weighted by molar-refractivity contribution is -0.127. The Hall–Kier alpha value is -0.610. The van der Waals surface area contributed by atoms with Crippen LogP contribution in [0.2, 0.25) is 0 Å². The molecule has 1 amide bonds. The van der Waals surface area contributed by atoms with E-state index in [4.69, 9.17) is 5.73 Å². The van der Waals surface area contributed by atoms with Crippen LogP contribution in [-0.4, -0.2) is 29.9 Å². The van der Waals surface area contributed by atoms with Crippen molar-refractivity contribution in [2.75, 3.05) is 13.1 Å². The van der Waals surface area contributed by atoms with Gasteiger partial charge in [0.1, 0.15) is 0 Å². The van der Waals surface area contributed by atoms with Gasteiger partial charge in [-0.05, 0) is 25.8 Å². The predicted molar refractivity (Wildman–Crippen MR) is 55.9 cm³/mol. The van der Waals surface area contributed by atoms with E-state index in [1.165, 1.54) is 4.90 Å². The predicted octanol–water partition coefficient (Wildman–Crippen LogP) is 1.23. The van der Waals surface area contributed by atoms with Crippen molar-refractivity contribution in [1.82, 2.24) is 4.90 Å². The molecule has 1 atom stereocenters. The van der Waals surface area contributed by atoms with Gasteiger partial charge in [-0.3, -0.25) is 4.79 Å². The number of allylic oxidation sites excluding steroid dienone is 1. The molecule has 0 aromatic carbocycles. The number of hydrogen-bond donors (Lipinski definition) is 1. The van der Waals surface area contributed by atoms with Crippen LogP contribution in [-0.2, 0) is 4.79 Å². The fourth-order valence-electron chi connectivity index (χ4n) is 1.32. The average molecular weight is 223 g/mol. The summed E-state index contributed by atoms with van der Waals surface area (Å²) in [5, 5.41) is 0. The summed E-state index contributed by atoms with van der Waals surface area (Å²) < 4.78 is 13.1. The van der Waals surface area contributed by atoms with Crippen LogP contribution in [0, 0.1) is 0 Å². The van der Waals surface area contributed by atoms with E-state index < -0.39 is 11.7 Å². The molecule has 0 bridgehead atoms. The van der Waals surface area contributed by atoms with Gasteiger partial charge in [0.15, 0.2) is 5.83 Å². The number of nitrogens with zero attached hydrogens (tertiary/aromatic N) is 1. The van der Waals surface area contributed by atoms with Crippen LogP contribution in [0.3, 0.4) is 0 Å². The number of amides is 1. The summed E-state index contributed by atoms with van der Waals surface area (Å²) in [6, 6.07) is 0.00825. The van der Waals surface area contributed by atoms with Gasteiger partial charge in [0.2, 0.25) is 0 Å². The minimum Gasteiger partial charge on any atom is -0.335 e. The standard InChI is InChI=1S/C9H15FN2O.ClH/c1-6(2)8(10)9(13)12-4-3-7(11)5-12;/h7H,3-5,11H2,1-2H3;1H. The van der Waals surface area contributed by atoms with Crippen molar-refractivity contribution in [2.24, 2.45) is 5.73 Å². The van der Waals surface area contributed by atoms with Gasteiger partial charge in [-0.1, -0.05) is 0 Å². The minimum atomic E-state index is -0.644. The summed E-state index contributed by atoms with van der Waals surface area (Å²) in [5.74, 6) is -1.16. The number of carbonyl (C=O) groups excluding carboxylic acids is 1. The smallest absolute Gasteiger partial charge is 0.282 e. The van der Waals surface area contributed by atoms with Gasteiger partial charge in [-0.25, -0.2) is 4.39 Å². The van der Waals surface area contributed by atoms with E-state index in [0.29, 0.717) is 18.7 Å². The molecule has 1 aliphatic rings. The fraction of sp³-hybridized carbons (Fsp3) is 0.667. The Morgan fingerprint density at radius 1 is 1.50 bits per heavy atom. The number of likely N-dealkylation sites (tertiary alicyclic amines) is 1. The second kappa shape index (κ2) is 5.32. The van der Waals surface area contributed by atoms with Gasteiger partial charge >= 0.3 is 0 Å². The van der Waals surface area contributed by atoms with Gasteiger partial charge in [0.25, 0.3) is 5.91 Å². The summed E-state index contributed by atoms with van der Waals surface area (Å²) in [5.41, 5.74) is 6.03. The molecule has 1 heterocycles. The molecule has 0 aromatic heterocycles. The summed E-state index contributed by atoms with van der Waals surface area (Å²) in [4.78, 5) is 12.8. The van der Waals surface area contributed by atoms with Crippen molar-refractivity contribution in [3.63, 3.8) is 0 Å². The van der Waals surface area contributed by atoms with E-state index in [2.05, 4.69) is 0 Å². The van der Waals surface area contributed by atoms with Crippen LogP contribution in [0.15, 0.2) is 11.4 Å². The molecule has 0 aliphatic carbocycles. The first kappa shape index (κ1) is 13.4. The van der Waals surface area contributed by atoms with E-state index in [0.717, 1.165) is 6.42 Å². The molecule has 1 saturated heterocycles. The van der Waals surface area contributed by atoms with E-state index >= 15 is 0 Å². The molecule has 0 radical (unpaired) electrons. The molecule has 1 fully saturated rings. The Morgan fingerprint density at radius 3 is 2.43 bits per heavy atom. The number of nitrogens with two attached hydrogens (primary N) is 1. The molecule has 82 valence electrons. The third kappa shape index (κ3) is 2.96. The Kier molecular flexibility index (Phi) is 5.08. The van der Waals surface area contributed by atoms with Crippen molar-refractivity contribution in [3.05, 3.63) is 11.4 Å². The highest BCUT2D eigenvalue weighted by atomic mass is 35.5. The molecular weight excluding hydrogens is 207 g/mol. The number of carbonyl (C=O) groups is 1. The topological polar surface area (TPSA) is 46.3 Å². The summed E-state index contributed by atoms with van der Waals surface area (Å²) in [6.45, 7) is 4.21. The molecule has 1 aliphatic heterocycles. The normalized spacial score (nSPS) is 20.3. The maximum absolute atomic E-state index is 13.1. The number of rotatable bonds is 1. The van der Waals surface area contributed by atoms with Crippen molar-refractivity contribution in [2.45, 2.75) is 26.3 Å². The lowest BCUT2D eigenvalue weighted by atomic mass is 10.3. The highest BCUT2D eigenvalue weighted by Gasteiger charge is 2.26. The van der Waals surface area contributed by atoms with Crippen molar-refractivity contribution in [1.29, 1.82) is 0 Å². The minimum absolute atomic E-state index is 0. The van der Waals surface area contributed by atoms with Gasteiger partial charge in [-0.15, -0.1) is 12.4 Å². The quantitative estimate of drug-likeness (QED) is 0.679. The van der Waals surface area contributed by atoms with Crippen LogP contribution in [0.25, 0.3) is 0 Å². The Balaban J connectivity index is 0.00000169. The Labute approximate surface area is 89.5 Å². The van der Waals surface area contributed by atoms with E-state index in [9.17, 15) is 9.18 Å². The summed E-state index contributed by atoms with van der Waals surface area (Å²) in [6.07, 6.45) is 0.766. The van der Waals surface area contributed by atoms with Crippen LogP contribution >= 0.6 is 12.4 Å². The maximum atomic E-state index is 13.1. The molecule has 2 N–H and O–H groups in total. The largest absolute Gasteiger partial charge is 0.335 e. The maximum Gasteiger partial charge on any atom is 0.282 e. The van der Waals surface area contributed by atoms with Crippen molar-refractivity contribution < 1.29 is 9.18 Å². The third-order valence-electron chi connectivity index (χ3n) is 2.14.